The first-order chi connectivity index (χ1) is 31.3. The van der Waals surface area contributed by atoms with E-state index in [1.54, 1.807) is 113 Å². The standard InChI is InChI=1S/C50H69NO15/c1-8-9-13-24-40-49(5,6)47(65-42(56)27-34-21-14-12-15-22-34)46(58)50(60,66-40)35(30-62-43-29-37(53)44(57)33(4)63-43)48(59)51-26-19-18-20-31(2)45(61-7)32(3)39-28-36(52)38(64-39)23-16-10-11-17-25-41(54)55/h8-25,32-33,35-40,43-47,52-53,57-58,60H,26-30H2,1-7H3,(H,51,59)(H,54,55)/b9-8-,11-10+,19-18+,23-16+,24-13+,25-17+,31-20+/t32?,33-,35-,36?,37-,38?,39?,40+,43+,44+,45?,46-,47+,50-/m1/s1. The van der Waals surface area contributed by atoms with E-state index in [2.05, 4.69) is 5.32 Å². The number of benzene rings is 1. The first kappa shape index (κ1) is 54.0. The SMILES string of the molecule is C/C=C\C=C\[C@@H]1O[C@](O)([C@H](CO[C@@H]2C[C@@H](O)[C@@H](O)[C@@H](C)O2)C(=O)NC/C=C/C=C(\C)C(OC)C(C)C2CC(O)C(/C=C/C=C/C=C/C(=O)O)O2)[C@H](O)[C@H](OC(=O)Cc2ccccc2)C1(C)C. The van der Waals surface area contributed by atoms with Gasteiger partial charge in [0.2, 0.25) is 11.7 Å². The third-order valence-electron chi connectivity index (χ3n) is 12.2. The van der Waals surface area contributed by atoms with Crippen LogP contribution >= 0.6 is 0 Å². The minimum atomic E-state index is -2.71. The van der Waals surface area contributed by atoms with Crippen molar-refractivity contribution in [2.45, 2.75) is 134 Å². The molecule has 4 rings (SSSR count). The predicted molar refractivity (Wildman–Crippen MR) is 244 cm³/mol. The molecule has 3 saturated heterocycles. The molecule has 0 aliphatic carbocycles. The first-order valence-corrected chi connectivity index (χ1v) is 22.3. The summed E-state index contributed by atoms with van der Waals surface area (Å²) in [6, 6.07) is 8.90. The Bertz CT molecular complexity index is 1930. The van der Waals surface area contributed by atoms with Crippen molar-refractivity contribution in [3.63, 3.8) is 0 Å². The second-order valence-corrected chi connectivity index (χ2v) is 17.5. The fourth-order valence-corrected chi connectivity index (χ4v) is 8.29. The lowest BCUT2D eigenvalue weighted by Gasteiger charge is -2.54. The van der Waals surface area contributed by atoms with Gasteiger partial charge in [-0.2, -0.15) is 0 Å². The molecule has 1 aromatic rings. The predicted octanol–water partition coefficient (Wildman–Crippen LogP) is 3.78. The number of rotatable bonds is 21. The Morgan fingerprint density at radius 2 is 1.64 bits per heavy atom. The van der Waals surface area contributed by atoms with E-state index in [4.69, 9.17) is 33.5 Å². The van der Waals surface area contributed by atoms with E-state index in [9.17, 15) is 39.9 Å². The molecule has 0 bridgehead atoms. The van der Waals surface area contributed by atoms with Gasteiger partial charge in [-0.15, -0.1) is 0 Å². The molecule has 0 radical (unpaired) electrons. The zero-order valence-corrected chi connectivity index (χ0v) is 38.8. The quantitative estimate of drug-likeness (QED) is 0.0528. The van der Waals surface area contributed by atoms with Crippen LogP contribution in [0.2, 0.25) is 0 Å². The zero-order valence-electron chi connectivity index (χ0n) is 38.8. The Balaban J connectivity index is 1.53. The van der Waals surface area contributed by atoms with Gasteiger partial charge in [0.15, 0.2) is 6.29 Å². The van der Waals surface area contributed by atoms with Crippen LogP contribution in [0.5, 0.6) is 0 Å². The van der Waals surface area contributed by atoms with E-state index < -0.39 is 103 Å². The molecule has 5 unspecified atom stereocenters. The largest absolute Gasteiger partial charge is 0.478 e. The van der Waals surface area contributed by atoms with Gasteiger partial charge in [-0.05, 0) is 31.9 Å². The summed E-state index contributed by atoms with van der Waals surface area (Å²) >= 11 is 0. The summed E-state index contributed by atoms with van der Waals surface area (Å²) < 4.78 is 36.0. The molecule has 16 heteroatoms. The monoisotopic (exact) mass is 923 g/mol. The van der Waals surface area contributed by atoms with Crippen LogP contribution in [-0.4, -0.2) is 142 Å². The van der Waals surface area contributed by atoms with Crippen LogP contribution in [0.3, 0.4) is 0 Å². The molecule has 3 aliphatic heterocycles. The summed E-state index contributed by atoms with van der Waals surface area (Å²) in [5, 5.41) is 67.5. The number of nitrogens with one attached hydrogen (secondary N) is 1. The highest BCUT2D eigenvalue weighted by Gasteiger charge is 2.63. The third-order valence-corrected chi connectivity index (χ3v) is 12.2. The number of amides is 1. The van der Waals surface area contributed by atoms with Gasteiger partial charge in [0.05, 0.1) is 49.7 Å². The molecule has 0 spiro atoms. The smallest absolute Gasteiger partial charge is 0.328 e. The van der Waals surface area contributed by atoms with Crippen LogP contribution in [0.25, 0.3) is 0 Å². The van der Waals surface area contributed by atoms with Crippen molar-refractivity contribution in [2.24, 2.45) is 17.3 Å². The number of carboxylic acids is 1. The Morgan fingerprint density at radius 1 is 0.939 bits per heavy atom. The number of esters is 1. The molecule has 0 aromatic heterocycles. The average molecular weight is 924 g/mol. The summed E-state index contributed by atoms with van der Waals surface area (Å²) in [5.41, 5.74) is 0.375. The second kappa shape index (κ2) is 25.5. The molecule has 364 valence electrons. The van der Waals surface area contributed by atoms with Crippen molar-refractivity contribution >= 4 is 17.8 Å². The van der Waals surface area contributed by atoms with E-state index >= 15 is 0 Å². The zero-order chi connectivity index (χ0) is 48.6. The van der Waals surface area contributed by atoms with Gasteiger partial charge in [-0.1, -0.05) is 124 Å². The van der Waals surface area contributed by atoms with Crippen molar-refractivity contribution < 1.29 is 73.4 Å². The first-order valence-electron chi connectivity index (χ1n) is 22.3. The number of ether oxygens (including phenoxy) is 6. The summed E-state index contributed by atoms with van der Waals surface area (Å²) in [6.07, 6.45) is 10.5. The molecule has 1 aromatic carbocycles. The molecule has 14 atom stereocenters. The van der Waals surface area contributed by atoms with Gasteiger partial charge >= 0.3 is 11.9 Å². The van der Waals surface area contributed by atoms with Crippen molar-refractivity contribution in [1.29, 1.82) is 0 Å². The fraction of sp³-hybridized carbons (Fsp3) is 0.540. The van der Waals surface area contributed by atoms with Crippen molar-refractivity contribution in [3.05, 3.63) is 120 Å². The van der Waals surface area contributed by atoms with Crippen LogP contribution in [-0.2, 0) is 49.2 Å². The van der Waals surface area contributed by atoms with Crippen LogP contribution in [0, 0.1) is 17.3 Å². The van der Waals surface area contributed by atoms with Crippen LogP contribution in [0.15, 0.2) is 115 Å². The second-order valence-electron chi connectivity index (χ2n) is 17.5. The lowest BCUT2D eigenvalue weighted by Crippen LogP contribution is -2.70. The van der Waals surface area contributed by atoms with Crippen molar-refractivity contribution in [2.75, 3.05) is 20.3 Å². The van der Waals surface area contributed by atoms with Crippen molar-refractivity contribution in [1.82, 2.24) is 5.32 Å². The minimum Gasteiger partial charge on any atom is -0.478 e. The maximum atomic E-state index is 14.3. The van der Waals surface area contributed by atoms with Gasteiger partial charge in [0.25, 0.3) is 0 Å². The fourth-order valence-electron chi connectivity index (χ4n) is 8.29. The maximum Gasteiger partial charge on any atom is 0.328 e. The number of hydrogen-bond donors (Lipinski definition) is 7. The molecule has 16 nitrogen and oxygen atoms in total. The highest BCUT2D eigenvalue weighted by Crippen LogP contribution is 2.46. The third kappa shape index (κ3) is 14.7. The Kier molecular flexibility index (Phi) is 20.9. The Labute approximate surface area is 387 Å². The van der Waals surface area contributed by atoms with Crippen molar-refractivity contribution in [3.8, 4) is 0 Å². The van der Waals surface area contributed by atoms with E-state index in [-0.39, 0.29) is 31.4 Å². The summed E-state index contributed by atoms with van der Waals surface area (Å²) in [5.74, 6) is -7.04. The molecule has 7 N–H and O–H groups in total. The Hall–Kier alpha value is -4.59. The number of allylic oxidation sites excluding steroid dienone is 9. The number of aliphatic hydroxyl groups is 5. The number of carboxylic acid groups (broad SMARTS) is 1. The van der Waals surface area contributed by atoms with Crippen LogP contribution in [0.4, 0.5) is 0 Å². The molecule has 3 fully saturated rings. The lowest BCUT2D eigenvalue weighted by molar-refractivity contribution is -0.366. The molecule has 0 saturated carbocycles. The van der Waals surface area contributed by atoms with E-state index in [1.807, 2.05) is 32.9 Å². The van der Waals surface area contributed by atoms with Gasteiger partial charge in [-0.3, -0.25) is 9.59 Å². The van der Waals surface area contributed by atoms with E-state index in [0.29, 0.717) is 12.0 Å². The van der Waals surface area contributed by atoms with Crippen LogP contribution < -0.4 is 5.32 Å². The van der Waals surface area contributed by atoms with Gasteiger partial charge < -0.3 is 64.4 Å². The number of carbonyl (C=O) groups excluding carboxylic acids is 2. The maximum absolute atomic E-state index is 14.3. The lowest BCUT2D eigenvalue weighted by atomic mass is 9.71. The normalized spacial score (nSPS) is 32.2. The number of aliphatic hydroxyl groups excluding tert-OH is 4. The van der Waals surface area contributed by atoms with Gasteiger partial charge in [0, 0.05) is 43.9 Å². The van der Waals surface area contributed by atoms with E-state index in [0.717, 1.165) is 11.6 Å². The molecule has 66 heavy (non-hydrogen) atoms. The Morgan fingerprint density at radius 3 is 2.30 bits per heavy atom. The van der Waals surface area contributed by atoms with Gasteiger partial charge in [-0.25, -0.2) is 4.79 Å². The molecule has 3 aliphatic rings. The molecular weight excluding hydrogens is 855 g/mol. The van der Waals surface area contributed by atoms with Crippen LogP contribution in [0.1, 0.15) is 59.9 Å². The summed E-state index contributed by atoms with van der Waals surface area (Å²) in [6.45, 7) is 10.0. The molecular formula is C50H69NO15. The number of methoxy groups -OCH3 is 1. The van der Waals surface area contributed by atoms with E-state index in [1.165, 1.54) is 6.08 Å². The number of hydrogen-bond acceptors (Lipinski definition) is 14. The van der Waals surface area contributed by atoms with Gasteiger partial charge in [0.1, 0.15) is 30.3 Å². The highest BCUT2D eigenvalue weighted by molar-refractivity contribution is 5.80. The molecule has 3 heterocycles. The average Bonchev–Trinajstić information content (AvgIpc) is 3.64. The summed E-state index contributed by atoms with van der Waals surface area (Å²) in [7, 11) is 1.58. The molecule has 1 amide bonds. The number of aliphatic carboxylic acids is 1. The highest BCUT2D eigenvalue weighted by atomic mass is 16.7. The minimum absolute atomic E-state index is 0.0432. The summed E-state index contributed by atoms with van der Waals surface area (Å²) in [4.78, 5) is 38.3. The topological polar surface area (TPSA) is 240 Å². The number of carbonyl (C=O) groups is 3.